The Hall–Kier alpha value is -2.18. The summed E-state index contributed by atoms with van der Waals surface area (Å²) in [6.45, 7) is 6.58. The van der Waals surface area contributed by atoms with E-state index in [1.54, 1.807) is 22.5 Å². The van der Waals surface area contributed by atoms with Crippen LogP contribution in [0.15, 0.2) is 47.4 Å². The lowest BCUT2D eigenvalue weighted by Gasteiger charge is -2.32. The van der Waals surface area contributed by atoms with Crippen molar-refractivity contribution in [2.45, 2.75) is 63.8 Å². The van der Waals surface area contributed by atoms with Crippen LogP contribution in [0.1, 0.15) is 61.5 Å². The predicted molar refractivity (Wildman–Crippen MR) is 117 cm³/mol. The number of carbonyl (C=O) groups excluding carboxylic acids is 1. The number of sulfonamides is 1. The monoisotopic (exact) mass is 414 g/mol. The molecule has 156 valence electrons. The van der Waals surface area contributed by atoms with Gasteiger partial charge in [0, 0.05) is 23.8 Å². The van der Waals surface area contributed by atoms with Crippen molar-refractivity contribution < 1.29 is 13.2 Å². The van der Waals surface area contributed by atoms with Gasteiger partial charge in [0.05, 0.1) is 4.90 Å². The number of hydrogen-bond donors (Lipinski definition) is 1. The van der Waals surface area contributed by atoms with Gasteiger partial charge < -0.3 is 5.32 Å². The second kappa shape index (κ2) is 9.09. The molecule has 1 unspecified atom stereocenters. The molecule has 1 heterocycles. The van der Waals surface area contributed by atoms with E-state index >= 15 is 0 Å². The van der Waals surface area contributed by atoms with Crippen LogP contribution in [0.4, 0.5) is 5.69 Å². The van der Waals surface area contributed by atoms with E-state index in [4.69, 9.17) is 0 Å². The molecule has 2 aromatic rings. The van der Waals surface area contributed by atoms with Crippen LogP contribution in [0, 0.1) is 0 Å². The maximum absolute atomic E-state index is 13.1. The Bertz CT molecular complexity index is 963. The van der Waals surface area contributed by atoms with E-state index in [9.17, 15) is 13.2 Å². The topological polar surface area (TPSA) is 66.5 Å². The molecule has 1 N–H and O–H groups in total. The summed E-state index contributed by atoms with van der Waals surface area (Å²) in [4.78, 5) is 13.1. The molecule has 2 aromatic carbocycles. The average Bonchev–Trinajstić information content (AvgIpc) is 2.74. The molecule has 5 nitrogen and oxygen atoms in total. The van der Waals surface area contributed by atoms with E-state index in [2.05, 4.69) is 19.2 Å². The third-order valence-electron chi connectivity index (χ3n) is 5.68. The summed E-state index contributed by atoms with van der Waals surface area (Å²) < 4.78 is 27.8. The molecule has 1 fully saturated rings. The average molecular weight is 415 g/mol. The van der Waals surface area contributed by atoms with Gasteiger partial charge in [-0.05, 0) is 61.9 Å². The van der Waals surface area contributed by atoms with Crippen molar-refractivity contribution in [3.8, 4) is 0 Å². The minimum Gasteiger partial charge on any atom is -0.321 e. The first-order chi connectivity index (χ1) is 13.9. The second-order valence-electron chi connectivity index (χ2n) is 7.60. The van der Waals surface area contributed by atoms with Crippen molar-refractivity contribution in [2.24, 2.45) is 0 Å². The number of hydrogen-bond acceptors (Lipinski definition) is 3. The van der Waals surface area contributed by atoms with Gasteiger partial charge in [-0.15, -0.1) is 0 Å². The lowest BCUT2D eigenvalue weighted by atomic mass is 10.0. The van der Waals surface area contributed by atoms with Gasteiger partial charge in [-0.25, -0.2) is 8.42 Å². The molecule has 0 bridgehead atoms. The molecule has 29 heavy (non-hydrogen) atoms. The SMILES string of the molecule is CCc1cccc(CC)c1NC(=O)c1cccc(S(=O)(=O)N2CCCCC2C)c1. The minimum absolute atomic E-state index is 0.0187. The van der Waals surface area contributed by atoms with E-state index in [0.29, 0.717) is 12.1 Å². The number of para-hydroxylation sites is 1. The van der Waals surface area contributed by atoms with Gasteiger partial charge in [0.15, 0.2) is 0 Å². The molecule has 0 aliphatic carbocycles. The number of rotatable bonds is 6. The van der Waals surface area contributed by atoms with Crippen LogP contribution >= 0.6 is 0 Å². The quantitative estimate of drug-likeness (QED) is 0.750. The molecule has 1 aliphatic heterocycles. The highest BCUT2D eigenvalue weighted by Gasteiger charge is 2.31. The van der Waals surface area contributed by atoms with Gasteiger partial charge in [0.2, 0.25) is 10.0 Å². The number of carbonyl (C=O) groups is 1. The Morgan fingerprint density at radius 1 is 1.07 bits per heavy atom. The molecular formula is C23H30N2O3S. The van der Waals surface area contributed by atoms with Crippen LogP contribution in [0.2, 0.25) is 0 Å². The molecule has 1 aliphatic rings. The molecule has 1 atom stereocenters. The Labute approximate surface area is 174 Å². The molecule has 0 radical (unpaired) electrons. The van der Waals surface area contributed by atoms with E-state index in [0.717, 1.165) is 48.9 Å². The normalized spacial score (nSPS) is 17.8. The highest BCUT2D eigenvalue weighted by molar-refractivity contribution is 7.89. The summed E-state index contributed by atoms with van der Waals surface area (Å²) in [5, 5.41) is 3.02. The van der Waals surface area contributed by atoms with Crippen LogP contribution in [0.25, 0.3) is 0 Å². The Kier molecular flexibility index (Phi) is 6.75. The van der Waals surface area contributed by atoms with Crippen molar-refractivity contribution in [1.82, 2.24) is 4.31 Å². The second-order valence-corrected chi connectivity index (χ2v) is 9.49. The predicted octanol–water partition coefficient (Wildman–Crippen LogP) is 4.63. The van der Waals surface area contributed by atoms with E-state index < -0.39 is 10.0 Å². The van der Waals surface area contributed by atoms with Gasteiger partial charge in [-0.1, -0.05) is 44.5 Å². The molecule has 0 spiro atoms. The van der Waals surface area contributed by atoms with Crippen molar-refractivity contribution >= 4 is 21.6 Å². The van der Waals surface area contributed by atoms with Crippen molar-refractivity contribution in [2.75, 3.05) is 11.9 Å². The molecule has 6 heteroatoms. The zero-order valence-electron chi connectivity index (χ0n) is 17.4. The standard InChI is InChI=1S/C23H30N2O3S/c1-4-18-11-8-12-19(5-2)22(18)24-23(26)20-13-9-14-21(16-20)29(27,28)25-15-7-6-10-17(25)3/h8-9,11-14,16-17H,4-7,10,15H2,1-3H3,(H,24,26). The van der Waals surface area contributed by atoms with E-state index in [1.807, 2.05) is 25.1 Å². The van der Waals surface area contributed by atoms with Crippen LogP contribution < -0.4 is 5.32 Å². The summed E-state index contributed by atoms with van der Waals surface area (Å²) >= 11 is 0. The lowest BCUT2D eigenvalue weighted by Crippen LogP contribution is -2.41. The summed E-state index contributed by atoms with van der Waals surface area (Å²) in [5.74, 6) is -0.288. The number of amides is 1. The molecular weight excluding hydrogens is 384 g/mol. The number of anilines is 1. The van der Waals surface area contributed by atoms with Gasteiger partial charge in [-0.2, -0.15) is 4.31 Å². The largest absolute Gasteiger partial charge is 0.321 e. The number of nitrogens with zero attached hydrogens (tertiary/aromatic N) is 1. The van der Waals surface area contributed by atoms with Gasteiger partial charge in [-0.3, -0.25) is 4.79 Å². The van der Waals surface area contributed by atoms with Crippen molar-refractivity contribution in [1.29, 1.82) is 0 Å². The van der Waals surface area contributed by atoms with Crippen LogP contribution in [0.3, 0.4) is 0 Å². The van der Waals surface area contributed by atoms with E-state index in [1.165, 1.54) is 6.07 Å². The summed E-state index contributed by atoms with van der Waals surface area (Å²) in [6, 6.07) is 12.4. The number of piperidine rings is 1. The smallest absolute Gasteiger partial charge is 0.255 e. The summed E-state index contributed by atoms with van der Waals surface area (Å²) in [5.41, 5.74) is 3.33. The molecule has 0 aromatic heterocycles. The van der Waals surface area contributed by atoms with Gasteiger partial charge in [0.1, 0.15) is 0 Å². The summed E-state index contributed by atoms with van der Waals surface area (Å²) in [7, 11) is -3.61. The third-order valence-corrected chi connectivity index (χ3v) is 7.69. The zero-order valence-corrected chi connectivity index (χ0v) is 18.3. The number of nitrogens with one attached hydrogen (secondary N) is 1. The first-order valence-electron chi connectivity index (χ1n) is 10.4. The maximum Gasteiger partial charge on any atom is 0.255 e. The lowest BCUT2D eigenvalue weighted by molar-refractivity contribution is 0.102. The highest BCUT2D eigenvalue weighted by Crippen LogP contribution is 2.27. The number of benzene rings is 2. The first-order valence-corrected chi connectivity index (χ1v) is 11.9. The van der Waals surface area contributed by atoms with Crippen LogP contribution in [-0.2, 0) is 22.9 Å². The Morgan fingerprint density at radius 2 is 1.72 bits per heavy atom. The molecule has 1 amide bonds. The van der Waals surface area contributed by atoms with Gasteiger partial charge >= 0.3 is 0 Å². The number of aryl methyl sites for hydroxylation is 2. The zero-order chi connectivity index (χ0) is 21.0. The molecule has 1 saturated heterocycles. The fraction of sp³-hybridized carbons (Fsp3) is 0.435. The summed E-state index contributed by atoms with van der Waals surface area (Å²) in [6.07, 6.45) is 4.41. The van der Waals surface area contributed by atoms with Crippen LogP contribution in [0.5, 0.6) is 0 Å². The maximum atomic E-state index is 13.1. The van der Waals surface area contributed by atoms with Crippen molar-refractivity contribution in [3.63, 3.8) is 0 Å². The minimum atomic E-state index is -3.61. The van der Waals surface area contributed by atoms with Gasteiger partial charge in [0.25, 0.3) is 5.91 Å². The van der Waals surface area contributed by atoms with E-state index in [-0.39, 0.29) is 16.8 Å². The van der Waals surface area contributed by atoms with Crippen LogP contribution in [-0.4, -0.2) is 31.2 Å². The fourth-order valence-corrected chi connectivity index (χ4v) is 5.70. The molecule has 3 rings (SSSR count). The van der Waals surface area contributed by atoms with Crippen molar-refractivity contribution in [3.05, 3.63) is 59.2 Å². The third kappa shape index (κ3) is 4.54. The first kappa shape index (κ1) is 21.5. The fourth-order valence-electron chi connectivity index (χ4n) is 3.95. The highest BCUT2D eigenvalue weighted by atomic mass is 32.2. The Morgan fingerprint density at radius 3 is 2.34 bits per heavy atom. The Balaban J connectivity index is 1.89. The molecule has 0 saturated carbocycles.